The summed E-state index contributed by atoms with van der Waals surface area (Å²) in [5.41, 5.74) is 4.60. The number of H-pyrrole nitrogens is 1. The monoisotopic (exact) mass is 399 g/mol. The van der Waals surface area contributed by atoms with Gasteiger partial charge in [-0.3, -0.25) is 14.9 Å². The Bertz CT molecular complexity index is 1230. The zero-order valence-electron chi connectivity index (χ0n) is 16.6. The first kappa shape index (κ1) is 18.3. The number of hydrogen-bond acceptors (Lipinski definition) is 5. The van der Waals surface area contributed by atoms with Gasteiger partial charge in [0.1, 0.15) is 11.6 Å². The summed E-state index contributed by atoms with van der Waals surface area (Å²) in [6.45, 7) is 0.271. The van der Waals surface area contributed by atoms with E-state index in [1.165, 1.54) is 0 Å². The van der Waals surface area contributed by atoms with E-state index in [-0.39, 0.29) is 12.5 Å². The summed E-state index contributed by atoms with van der Waals surface area (Å²) in [7, 11) is 1.63. The van der Waals surface area contributed by atoms with E-state index in [2.05, 4.69) is 20.5 Å². The Morgan fingerprint density at radius 1 is 1.10 bits per heavy atom. The summed E-state index contributed by atoms with van der Waals surface area (Å²) < 4.78 is 5.18. The van der Waals surface area contributed by atoms with Gasteiger partial charge in [-0.2, -0.15) is 5.10 Å². The molecule has 2 aromatic heterocycles. The highest BCUT2D eigenvalue weighted by molar-refractivity contribution is 6.07. The van der Waals surface area contributed by atoms with Crippen LogP contribution in [0.1, 0.15) is 33.9 Å². The molecule has 2 heterocycles. The minimum atomic E-state index is -0.103. The van der Waals surface area contributed by atoms with Crippen LogP contribution < -0.4 is 10.1 Å². The minimum absolute atomic E-state index is 0.103. The van der Waals surface area contributed by atoms with Crippen LogP contribution >= 0.6 is 0 Å². The van der Waals surface area contributed by atoms with E-state index >= 15 is 0 Å². The van der Waals surface area contributed by atoms with E-state index in [1.807, 2.05) is 48.5 Å². The molecule has 150 valence electrons. The molecular weight excluding hydrogens is 378 g/mol. The van der Waals surface area contributed by atoms with E-state index in [9.17, 15) is 4.79 Å². The number of aromatic amines is 1. The summed E-state index contributed by atoms with van der Waals surface area (Å²) in [5.74, 6) is 1.86. The Balaban J connectivity index is 1.37. The number of aromatic nitrogens is 4. The molecule has 0 saturated carbocycles. The summed E-state index contributed by atoms with van der Waals surface area (Å²) in [6, 6.07) is 15.3. The van der Waals surface area contributed by atoms with E-state index in [0.717, 1.165) is 58.3 Å². The van der Waals surface area contributed by atoms with Crippen molar-refractivity contribution in [2.45, 2.75) is 25.8 Å². The number of nitrogens with one attached hydrogen (secondary N) is 2. The molecule has 2 aromatic carbocycles. The van der Waals surface area contributed by atoms with Crippen molar-refractivity contribution in [2.24, 2.45) is 0 Å². The Labute approximate surface area is 173 Å². The van der Waals surface area contributed by atoms with Gasteiger partial charge in [0, 0.05) is 16.6 Å². The number of ether oxygens (including phenoxy) is 1. The number of carbonyl (C=O) groups excluding carboxylic acids is 1. The van der Waals surface area contributed by atoms with Gasteiger partial charge in [-0.05, 0) is 55.2 Å². The molecule has 2 N–H and O–H groups in total. The van der Waals surface area contributed by atoms with Crippen LogP contribution in [0.4, 0.5) is 0 Å². The maximum atomic E-state index is 13.1. The van der Waals surface area contributed by atoms with Gasteiger partial charge in [0.05, 0.1) is 24.7 Å². The van der Waals surface area contributed by atoms with Crippen LogP contribution in [0.3, 0.4) is 0 Å². The largest absolute Gasteiger partial charge is 0.497 e. The average Bonchev–Trinajstić information content (AvgIpc) is 3.45. The summed E-state index contributed by atoms with van der Waals surface area (Å²) in [4.78, 5) is 22.4. The Morgan fingerprint density at radius 3 is 2.77 bits per heavy atom. The van der Waals surface area contributed by atoms with Gasteiger partial charge in [0.2, 0.25) is 0 Å². The first-order chi connectivity index (χ1) is 14.7. The molecule has 0 spiro atoms. The number of rotatable bonds is 5. The zero-order chi connectivity index (χ0) is 20.5. The molecule has 5 rings (SSSR count). The van der Waals surface area contributed by atoms with Gasteiger partial charge in [0.25, 0.3) is 5.91 Å². The second-order valence-electron chi connectivity index (χ2n) is 7.30. The Hall–Kier alpha value is -3.74. The number of fused-ring (bicyclic) bond motifs is 2. The van der Waals surface area contributed by atoms with Crippen molar-refractivity contribution >= 4 is 16.8 Å². The van der Waals surface area contributed by atoms with Crippen LogP contribution in [0, 0.1) is 0 Å². The van der Waals surface area contributed by atoms with Gasteiger partial charge in [0.15, 0.2) is 5.82 Å². The van der Waals surface area contributed by atoms with Crippen LogP contribution in [0.2, 0.25) is 0 Å². The number of aryl methyl sites for hydroxylation is 1. The normalized spacial score (nSPS) is 12.7. The van der Waals surface area contributed by atoms with Crippen molar-refractivity contribution in [3.8, 4) is 17.1 Å². The summed E-state index contributed by atoms with van der Waals surface area (Å²) >= 11 is 0. The standard InChI is InChI=1S/C23H21N5O2/c1-30-15-11-9-14(10-12-15)22-26-20(27-28-22)13-24-23(29)21-16-5-2-3-7-18(16)25-19-8-4-6-17(19)21/h2-3,5,7,9-12H,4,6,8,13H2,1H3,(H,24,29)(H,26,27,28). The molecule has 1 amide bonds. The fourth-order valence-corrected chi connectivity index (χ4v) is 3.97. The maximum absolute atomic E-state index is 13.1. The lowest BCUT2D eigenvalue weighted by molar-refractivity contribution is 0.0950. The molecule has 4 aromatic rings. The first-order valence-corrected chi connectivity index (χ1v) is 9.97. The predicted molar refractivity (Wildman–Crippen MR) is 113 cm³/mol. The number of pyridine rings is 1. The van der Waals surface area contributed by atoms with E-state index in [1.54, 1.807) is 7.11 Å². The van der Waals surface area contributed by atoms with E-state index < -0.39 is 0 Å². The number of nitrogens with zero attached hydrogens (tertiary/aromatic N) is 3. The third kappa shape index (κ3) is 3.28. The molecule has 7 nitrogen and oxygen atoms in total. The second kappa shape index (κ2) is 7.59. The topological polar surface area (TPSA) is 92.8 Å². The molecule has 0 fully saturated rings. The highest BCUT2D eigenvalue weighted by Crippen LogP contribution is 2.30. The SMILES string of the molecule is COc1ccc(-c2n[nH]c(CNC(=O)c3c4c(nc5ccccc35)CCC4)n2)cc1. The predicted octanol–water partition coefficient (Wildman–Crippen LogP) is 3.45. The third-order valence-electron chi connectivity index (χ3n) is 5.44. The molecular formula is C23H21N5O2. The molecule has 30 heavy (non-hydrogen) atoms. The number of hydrogen-bond donors (Lipinski definition) is 2. The van der Waals surface area contributed by atoms with Crippen molar-refractivity contribution < 1.29 is 9.53 Å². The quantitative estimate of drug-likeness (QED) is 0.536. The second-order valence-corrected chi connectivity index (χ2v) is 7.30. The molecule has 0 bridgehead atoms. The maximum Gasteiger partial charge on any atom is 0.252 e. The van der Waals surface area contributed by atoms with Crippen LogP contribution in [0.5, 0.6) is 5.75 Å². The fraction of sp³-hybridized carbons (Fsp3) is 0.217. The van der Waals surface area contributed by atoms with Gasteiger partial charge in [-0.15, -0.1) is 0 Å². The van der Waals surface area contributed by atoms with Gasteiger partial charge in [-0.25, -0.2) is 4.98 Å². The zero-order valence-corrected chi connectivity index (χ0v) is 16.6. The van der Waals surface area contributed by atoms with Crippen molar-refractivity contribution in [1.82, 2.24) is 25.5 Å². The van der Waals surface area contributed by atoms with Crippen molar-refractivity contribution in [2.75, 3.05) is 7.11 Å². The third-order valence-corrected chi connectivity index (χ3v) is 5.44. The Morgan fingerprint density at radius 2 is 1.93 bits per heavy atom. The molecule has 1 aliphatic rings. The first-order valence-electron chi connectivity index (χ1n) is 9.97. The molecule has 0 unspecified atom stereocenters. The molecule has 0 atom stereocenters. The fourth-order valence-electron chi connectivity index (χ4n) is 3.97. The van der Waals surface area contributed by atoms with Crippen molar-refractivity contribution in [1.29, 1.82) is 0 Å². The number of methoxy groups -OCH3 is 1. The van der Waals surface area contributed by atoms with Crippen LogP contribution in [0.15, 0.2) is 48.5 Å². The van der Waals surface area contributed by atoms with E-state index in [0.29, 0.717) is 11.6 Å². The smallest absolute Gasteiger partial charge is 0.252 e. The molecule has 7 heteroatoms. The number of benzene rings is 2. The van der Waals surface area contributed by atoms with Crippen LogP contribution in [-0.2, 0) is 19.4 Å². The van der Waals surface area contributed by atoms with Gasteiger partial charge < -0.3 is 10.1 Å². The molecule has 1 aliphatic carbocycles. The van der Waals surface area contributed by atoms with E-state index in [4.69, 9.17) is 9.72 Å². The highest BCUT2D eigenvalue weighted by atomic mass is 16.5. The lowest BCUT2D eigenvalue weighted by atomic mass is 10.0. The Kier molecular flexibility index (Phi) is 4.63. The van der Waals surface area contributed by atoms with Gasteiger partial charge in [-0.1, -0.05) is 18.2 Å². The lowest BCUT2D eigenvalue weighted by Gasteiger charge is -2.12. The molecule has 0 aliphatic heterocycles. The highest BCUT2D eigenvalue weighted by Gasteiger charge is 2.23. The number of carbonyl (C=O) groups is 1. The summed E-state index contributed by atoms with van der Waals surface area (Å²) in [6.07, 6.45) is 2.85. The van der Waals surface area contributed by atoms with Crippen LogP contribution in [-0.4, -0.2) is 33.2 Å². The minimum Gasteiger partial charge on any atom is -0.497 e. The molecule has 0 radical (unpaired) electrons. The average molecular weight is 399 g/mol. The summed E-state index contributed by atoms with van der Waals surface area (Å²) in [5, 5.41) is 11.1. The lowest BCUT2D eigenvalue weighted by Crippen LogP contribution is -2.25. The van der Waals surface area contributed by atoms with Crippen molar-refractivity contribution in [3.63, 3.8) is 0 Å². The number of amides is 1. The molecule has 0 saturated heterocycles. The van der Waals surface area contributed by atoms with Crippen LogP contribution in [0.25, 0.3) is 22.3 Å². The van der Waals surface area contributed by atoms with Crippen molar-refractivity contribution in [3.05, 3.63) is 71.2 Å². The van der Waals surface area contributed by atoms with Gasteiger partial charge >= 0.3 is 0 Å². The number of para-hydroxylation sites is 1.